The summed E-state index contributed by atoms with van der Waals surface area (Å²) in [5, 5.41) is 8.93. The van der Waals surface area contributed by atoms with Crippen LogP contribution < -0.4 is 0 Å². The van der Waals surface area contributed by atoms with Crippen LogP contribution in [0.4, 0.5) is 0 Å². The zero-order valence-corrected chi connectivity index (χ0v) is 7.72. The monoisotopic (exact) mass is 202 g/mol. The van der Waals surface area contributed by atoms with Gasteiger partial charge in [0.15, 0.2) is 0 Å². The highest BCUT2D eigenvalue weighted by molar-refractivity contribution is 9.11. The lowest BCUT2D eigenvalue weighted by molar-refractivity contribution is 0.431. The zero-order valence-electron chi connectivity index (χ0n) is 6.13. The summed E-state index contributed by atoms with van der Waals surface area (Å²) in [4.78, 5) is 0. The van der Waals surface area contributed by atoms with Crippen LogP contribution in [0.2, 0.25) is 0 Å². The molecular formula is C8H11BrO. The number of rotatable bonds is 2. The maximum Gasteiger partial charge on any atom is 0.111 e. The minimum Gasteiger partial charge on any atom is -0.508 e. The fourth-order valence-electron chi connectivity index (χ4n) is 0.357. The smallest absolute Gasteiger partial charge is 0.111 e. The minimum absolute atomic E-state index is 0.277. The van der Waals surface area contributed by atoms with E-state index in [0.29, 0.717) is 0 Å². The number of allylic oxidation sites excluding steroid dienone is 5. The molecule has 0 aromatic rings. The van der Waals surface area contributed by atoms with Gasteiger partial charge in [-0.2, -0.15) is 0 Å². The van der Waals surface area contributed by atoms with E-state index < -0.39 is 0 Å². The maximum absolute atomic E-state index is 8.93. The summed E-state index contributed by atoms with van der Waals surface area (Å²) in [6, 6.07) is 0. The average molecular weight is 203 g/mol. The molecule has 0 saturated heterocycles. The van der Waals surface area contributed by atoms with Crippen molar-refractivity contribution in [2.24, 2.45) is 0 Å². The molecule has 1 nitrogen and oxygen atoms in total. The Morgan fingerprint density at radius 2 is 1.80 bits per heavy atom. The number of aliphatic hydroxyl groups is 1. The molecule has 0 atom stereocenters. The largest absolute Gasteiger partial charge is 0.508 e. The molecule has 10 heavy (non-hydrogen) atoms. The average Bonchev–Trinajstić information content (AvgIpc) is 1.99. The quantitative estimate of drug-likeness (QED) is 0.539. The van der Waals surface area contributed by atoms with Crippen molar-refractivity contribution in [3.8, 4) is 0 Å². The van der Waals surface area contributed by atoms with Crippen LogP contribution in [0.1, 0.15) is 13.8 Å². The fraction of sp³-hybridized carbons (Fsp3) is 0.250. The van der Waals surface area contributed by atoms with Gasteiger partial charge in [-0.3, -0.25) is 0 Å². The molecular weight excluding hydrogens is 192 g/mol. The van der Waals surface area contributed by atoms with Crippen molar-refractivity contribution in [1.29, 1.82) is 0 Å². The Balaban J connectivity index is 4.01. The van der Waals surface area contributed by atoms with E-state index in [0.717, 1.165) is 4.48 Å². The number of halogens is 1. The van der Waals surface area contributed by atoms with Gasteiger partial charge in [0.2, 0.25) is 0 Å². The second-order valence-electron chi connectivity index (χ2n) is 1.72. The summed E-state index contributed by atoms with van der Waals surface area (Å²) in [7, 11) is 0. The van der Waals surface area contributed by atoms with Gasteiger partial charge >= 0.3 is 0 Å². The van der Waals surface area contributed by atoms with Crippen LogP contribution >= 0.6 is 15.9 Å². The zero-order chi connectivity index (χ0) is 7.98. The van der Waals surface area contributed by atoms with Crippen molar-refractivity contribution in [3.05, 3.63) is 34.5 Å². The fourth-order valence-corrected chi connectivity index (χ4v) is 0.490. The molecule has 2 heteroatoms. The van der Waals surface area contributed by atoms with Crippen LogP contribution in [0.5, 0.6) is 0 Å². The van der Waals surface area contributed by atoms with Crippen LogP contribution in [0, 0.1) is 0 Å². The first kappa shape index (κ1) is 9.50. The first-order valence-corrected chi connectivity index (χ1v) is 3.85. The summed E-state index contributed by atoms with van der Waals surface area (Å²) >= 11 is 3.27. The van der Waals surface area contributed by atoms with Gasteiger partial charge in [0, 0.05) is 4.48 Å². The number of hydrogen-bond acceptors (Lipinski definition) is 1. The van der Waals surface area contributed by atoms with E-state index in [2.05, 4.69) is 15.9 Å². The molecule has 0 fully saturated rings. The Labute approximate surface area is 69.9 Å². The molecule has 0 aliphatic rings. The summed E-state index contributed by atoms with van der Waals surface area (Å²) in [6.45, 7) is 3.70. The predicted octanol–water partition coefficient (Wildman–Crippen LogP) is 3.30. The van der Waals surface area contributed by atoms with Gasteiger partial charge < -0.3 is 5.11 Å². The first-order chi connectivity index (χ1) is 4.70. The second kappa shape index (κ2) is 5.30. The molecule has 0 bridgehead atoms. The van der Waals surface area contributed by atoms with E-state index in [9.17, 15) is 0 Å². The van der Waals surface area contributed by atoms with E-state index in [1.165, 1.54) is 0 Å². The third kappa shape index (κ3) is 4.39. The van der Waals surface area contributed by atoms with Crippen LogP contribution in [0.3, 0.4) is 0 Å². The molecule has 1 N–H and O–H groups in total. The third-order valence-corrected chi connectivity index (χ3v) is 1.71. The van der Waals surface area contributed by atoms with Gasteiger partial charge in [0.25, 0.3) is 0 Å². The van der Waals surface area contributed by atoms with Gasteiger partial charge in [-0.15, -0.1) is 0 Å². The summed E-state index contributed by atoms with van der Waals surface area (Å²) in [5.74, 6) is 0.277. The van der Waals surface area contributed by atoms with Gasteiger partial charge in [-0.05, 0) is 32.1 Å². The SMILES string of the molecule is C\C=C(O)/C=C\C(Br)=C/C. The molecule has 0 heterocycles. The Hall–Kier alpha value is -0.500. The van der Waals surface area contributed by atoms with E-state index in [-0.39, 0.29) is 5.76 Å². The Bertz CT molecular complexity index is 158. The molecule has 56 valence electrons. The van der Waals surface area contributed by atoms with Crippen molar-refractivity contribution in [3.63, 3.8) is 0 Å². The van der Waals surface area contributed by atoms with Crippen molar-refractivity contribution in [2.75, 3.05) is 0 Å². The highest BCUT2D eigenvalue weighted by atomic mass is 79.9. The van der Waals surface area contributed by atoms with E-state index in [4.69, 9.17) is 5.11 Å². The summed E-state index contributed by atoms with van der Waals surface area (Å²) in [5.41, 5.74) is 0. The van der Waals surface area contributed by atoms with Crippen LogP contribution in [-0.4, -0.2) is 5.11 Å². The normalized spacial score (nSPS) is 14.7. The summed E-state index contributed by atoms with van der Waals surface area (Å²) < 4.78 is 0.959. The number of aliphatic hydroxyl groups excluding tert-OH is 1. The molecule has 0 aliphatic carbocycles. The van der Waals surface area contributed by atoms with Gasteiger partial charge in [0.05, 0.1) is 0 Å². The summed E-state index contributed by atoms with van der Waals surface area (Å²) in [6.07, 6.45) is 6.95. The number of hydrogen-bond donors (Lipinski definition) is 1. The lowest BCUT2D eigenvalue weighted by Crippen LogP contribution is -1.70. The van der Waals surface area contributed by atoms with Crippen LogP contribution in [0.25, 0.3) is 0 Å². The molecule has 0 spiro atoms. The molecule has 0 aliphatic heterocycles. The van der Waals surface area contributed by atoms with Crippen molar-refractivity contribution in [1.82, 2.24) is 0 Å². The topological polar surface area (TPSA) is 20.2 Å². The molecule has 0 unspecified atom stereocenters. The van der Waals surface area contributed by atoms with Crippen molar-refractivity contribution in [2.45, 2.75) is 13.8 Å². The first-order valence-electron chi connectivity index (χ1n) is 3.06. The van der Waals surface area contributed by atoms with Gasteiger partial charge in [-0.25, -0.2) is 0 Å². The van der Waals surface area contributed by atoms with Gasteiger partial charge in [0.1, 0.15) is 5.76 Å². The van der Waals surface area contributed by atoms with E-state index >= 15 is 0 Å². The predicted molar refractivity (Wildman–Crippen MR) is 48.2 cm³/mol. The van der Waals surface area contributed by atoms with Crippen LogP contribution in [0.15, 0.2) is 34.5 Å². The highest BCUT2D eigenvalue weighted by Crippen LogP contribution is 2.06. The van der Waals surface area contributed by atoms with E-state index in [1.54, 1.807) is 25.2 Å². The Morgan fingerprint density at radius 3 is 2.20 bits per heavy atom. The standard InChI is InChI=1S/C8H11BrO/c1-3-7(9)5-6-8(10)4-2/h3-6,10H,1-2H3/b6-5-,7-3+,8-4+. The highest BCUT2D eigenvalue weighted by Gasteiger charge is 1.81. The molecule has 0 saturated carbocycles. The van der Waals surface area contributed by atoms with Crippen molar-refractivity contribution >= 4 is 15.9 Å². The molecule has 0 radical (unpaired) electrons. The third-order valence-electron chi connectivity index (χ3n) is 0.985. The molecule has 0 amide bonds. The van der Waals surface area contributed by atoms with Crippen molar-refractivity contribution < 1.29 is 5.11 Å². The Kier molecular flexibility index (Phi) is 5.03. The lowest BCUT2D eigenvalue weighted by Gasteiger charge is -1.87. The van der Waals surface area contributed by atoms with Gasteiger partial charge in [-0.1, -0.05) is 22.0 Å². The van der Waals surface area contributed by atoms with E-state index in [1.807, 2.05) is 13.0 Å². The maximum atomic E-state index is 8.93. The lowest BCUT2D eigenvalue weighted by atomic mass is 10.4. The minimum atomic E-state index is 0.277. The molecule has 0 aromatic heterocycles. The van der Waals surface area contributed by atoms with Crippen LogP contribution in [-0.2, 0) is 0 Å². The molecule has 0 rings (SSSR count). The Morgan fingerprint density at radius 1 is 1.20 bits per heavy atom. The second-order valence-corrected chi connectivity index (χ2v) is 2.64. The molecule has 0 aromatic carbocycles.